The Morgan fingerprint density at radius 3 is 2.48 bits per heavy atom. The number of nitro benzene ring substituents is 1. The Kier molecular flexibility index (Phi) is 4.55. The molecule has 0 unspecified atom stereocenters. The molecule has 0 aliphatic heterocycles. The van der Waals surface area contributed by atoms with Crippen molar-refractivity contribution in [1.82, 2.24) is 5.32 Å². The maximum absolute atomic E-state index is 10.7. The molecule has 0 atom stereocenters. The van der Waals surface area contributed by atoms with Crippen molar-refractivity contribution in [2.45, 2.75) is 20.4 Å². The number of ether oxygens (including phenoxy) is 1. The van der Waals surface area contributed by atoms with E-state index in [0.717, 1.165) is 23.4 Å². The molecule has 21 heavy (non-hydrogen) atoms. The summed E-state index contributed by atoms with van der Waals surface area (Å²) in [6.07, 6.45) is 0. The molecule has 1 N–H and O–H groups in total. The third-order valence-electron chi connectivity index (χ3n) is 3.28. The van der Waals surface area contributed by atoms with Crippen molar-refractivity contribution >= 4 is 5.69 Å². The maximum atomic E-state index is 10.7. The predicted octanol–water partition coefficient (Wildman–Crippen LogP) is 3.72. The molecule has 0 aromatic heterocycles. The number of benzene rings is 2. The first kappa shape index (κ1) is 15.0. The van der Waals surface area contributed by atoms with Crippen LogP contribution >= 0.6 is 0 Å². The normalized spacial score (nSPS) is 10.4. The largest absolute Gasteiger partial charge is 0.457 e. The van der Waals surface area contributed by atoms with Crippen LogP contribution in [0.15, 0.2) is 36.4 Å². The van der Waals surface area contributed by atoms with E-state index in [9.17, 15) is 10.1 Å². The number of aryl methyl sites for hydroxylation is 2. The molecular weight excluding hydrogens is 268 g/mol. The van der Waals surface area contributed by atoms with Crippen LogP contribution in [0.25, 0.3) is 0 Å². The average molecular weight is 286 g/mol. The molecule has 0 radical (unpaired) electrons. The first-order valence-corrected chi connectivity index (χ1v) is 6.68. The summed E-state index contributed by atoms with van der Waals surface area (Å²) in [5.41, 5.74) is 3.16. The van der Waals surface area contributed by atoms with Crippen molar-refractivity contribution in [3.63, 3.8) is 0 Å². The highest BCUT2D eigenvalue weighted by atomic mass is 16.6. The van der Waals surface area contributed by atoms with E-state index in [4.69, 9.17) is 4.74 Å². The molecule has 5 heteroatoms. The first-order chi connectivity index (χ1) is 10.0. The number of non-ortho nitro benzene ring substituents is 1. The van der Waals surface area contributed by atoms with Gasteiger partial charge in [-0.1, -0.05) is 6.07 Å². The Labute approximate surface area is 123 Å². The van der Waals surface area contributed by atoms with Gasteiger partial charge in [0.05, 0.1) is 4.92 Å². The standard InChI is InChI=1S/C16H18N2O3/c1-11-9-15(6-4-13(11)10-17-3)21-16-7-5-14(18(19)20)8-12(16)2/h4-9,17H,10H2,1-3H3. The van der Waals surface area contributed by atoms with Crippen LogP contribution in [0.2, 0.25) is 0 Å². The molecular formula is C16H18N2O3. The molecule has 0 aliphatic rings. The molecule has 0 aliphatic carbocycles. The highest BCUT2D eigenvalue weighted by Crippen LogP contribution is 2.29. The fourth-order valence-electron chi connectivity index (χ4n) is 2.11. The minimum Gasteiger partial charge on any atom is -0.457 e. The minimum atomic E-state index is -0.409. The number of hydrogen-bond donors (Lipinski definition) is 1. The topological polar surface area (TPSA) is 64.4 Å². The van der Waals surface area contributed by atoms with Crippen LogP contribution in [0.5, 0.6) is 11.5 Å². The van der Waals surface area contributed by atoms with Crippen molar-refractivity contribution < 1.29 is 9.66 Å². The van der Waals surface area contributed by atoms with Gasteiger partial charge in [0.1, 0.15) is 11.5 Å². The van der Waals surface area contributed by atoms with Gasteiger partial charge in [-0.25, -0.2) is 0 Å². The number of nitro groups is 1. The minimum absolute atomic E-state index is 0.0698. The van der Waals surface area contributed by atoms with Gasteiger partial charge < -0.3 is 10.1 Å². The number of nitrogens with zero attached hydrogens (tertiary/aromatic N) is 1. The summed E-state index contributed by atoms with van der Waals surface area (Å²) < 4.78 is 5.81. The van der Waals surface area contributed by atoms with Crippen LogP contribution in [0, 0.1) is 24.0 Å². The summed E-state index contributed by atoms with van der Waals surface area (Å²) in [6, 6.07) is 10.5. The summed E-state index contributed by atoms with van der Waals surface area (Å²) in [4.78, 5) is 10.3. The summed E-state index contributed by atoms with van der Waals surface area (Å²) in [5.74, 6) is 1.35. The molecule has 5 nitrogen and oxygen atoms in total. The van der Waals surface area contributed by atoms with E-state index in [1.165, 1.54) is 17.7 Å². The van der Waals surface area contributed by atoms with Crippen molar-refractivity contribution in [2.75, 3.05) is 7.05 Å². The van der Waals surface area contributed by atoms with Crippen LogP contribution in [-0.4, -0.2) is 12.0 Å². The summed E-state index contributed by atoms with van der Waals surface area (Å²) in [6.45, 7) is 4.63. The summed E-state index contributed by atoms with van der Waals surface area (Å²) in [7, 11) is 1.91. The highest BCUT2D eigenvalue weighted by molar-refractivity contribution is 5.45. The van der Waals surface area contributed by atoms with E-state index in [2.05, 4.69) is 5.32 Å². The van der Waals surface area contributed by atoms with Crippen LogP contribution in [0.4, 0.5) is 5.69 Å². The lowest BCUT2D eigenvalue weighted by molar-refractivity contribution is -0.384. The quantitative estimate of drug-likeness (QED) is 0.672. The van der Waals surface area contributed by atoms with Gasteiger partial charge in [-0.15, -0.1) is 0 Å². The number of rotatable bonds is 5. The number of nitrogens with one attached hydrogen (secondary N) is 1. The van der Waals surface area contributed by atoms with Gasteiger partial charge in [0, 0.05) is 18.7 Å². The van der Waals surface area contributed by atoms with E-state index >= 15 is 0 Å². The molecule has 2 aromatic rings. The molecule has 0 amide bonds. The molecule has 0 heterocycles. The first-order valence-electron chi connectivity index (χ1n) is 6.68. The molecule has 0 saturated carbocycles. The van der Waals surface area contributed by atoms with Crippen molar-refractivity contribution in [3.8, 4) is 11.5 Å². The second-order valence-electron chi connectivity index (χ2n) is 4.93. The van der Waals surface area contributed by atoms with Gasteiger partial charge >= 0.3 is 0 Å². The zero-order chi connectivity index (χ0) is 15.4. The van der Waals surface area contributed by atoms with Crippen molar-refractivity contribution in [2.24, 2.45) is 0 Å². The van der Waals surface area contributed by atoms with Crippen LogP contribution in [0.3, 0.4) is 0 Å². The Bertz CT molecular complexity index is 669. The lowest BCUT2D eigenvalue weighted by Crippen LogP contribution is -2.06. The van der Waals surface area contributed by atoms with Gasteiger partial charge in [0.15, 0.2) is 0 Å². The number of hydrogen-bond acceptors (Lipinski definition) is 4. The third kappa shape index (κ3) is 3.58. The van der Waals surface area contributed by atoms with Crippen LogP contribution in [0.1, 0.15) is 16.7 Å². The van der Waals surface area contributed by atoms with E-state index in [1.54, 1.807) is 13.0 Å². The molecule has 0 saturated heterocycles. The Morgan fingerprint density at radius 1 is 1.14 bits per heavy atom. The summed E-state index contributed by atoms with van der Waals surface area (Å²) in [5, 5.41) is 13.8. The van der Waals surface area contributed by atoms with Gasteiger partial charge in [-0.3, -0.25) is 10.1 Å². The van der Waals surface area contributed by atoms with E-state index in [-0.39, 0.29) is 5.69 Å². The smallest absolute Gasteiger partial charge is 0.269 e. The van der Waals surface area contributed by atoms with Gasteiger partial charge in [0.25, 0.3) is 5.69 Å². The molecule has 0 bridgehead atoms. The second-order valence-corrected chi connectivity index (χ2v) is 4.93. The maximum Gasteiger partial charge on any atom is 0.269 e. The van der Waals surface area contributed by atoms with E-state index < -0.39 is 4.92 Å². The van der Waals surface area contributed by atoms with Crippen molar-refractivity contribution in [3.05, 3.63) is 63.2 Å². The van der Waals surface area contributed by atoms with Gasteiger partial charge in [0.2, 0.25) is 0 Å². The zero-order valence-electron chi connectivity index (χ0n) is 12.3. The summed E-state index contributed by atoms with van der Waals surface area (Å²) >= 11 is 0. The second kappa shape index (κ2) is 6.37. The monoisotopic (exact) mass is 286 g/mol. The van der Waals surface area contributed by atoms with Crippen LogP contribution in [-0.2, 0) is 6.54 Å². The molecule has 110 valence electrons. The van der Waals surface area contributed by atoms with Gasteiger partial charge in [-0.05, 0) is 55.8 Å². The Balaban J connectivity index is 2.22. The fraction of sp³-hybridized carbons (Fsp3) is 0.250. The predicted molar refractivity (Wildman–Crippen MR) is 81.9 cm³/mol. The lowest BCUT2D eigenvalue weighted by Gasteiger charge is -2.11. The SMILES string of the molecule is CNCc1ccc(Oc2ccc([N+](=O)[O-])cc2C)cc1C. The zero-order valence-corrected chi connectivity index (χ0v) is 12.3. The average Bonchev–Trinajstić information content (AvgIpc) is 2.44. The molecule has 0 spiro atoms. The Hall–Kier alpha value is -2.40. The van der Waals surface area contributed by atoms with Crippen LogP contribution < -0.4 is 10.1 Å². The van der Waals surface area contributed by atoms with Gasteiger partial charge in [-0.2, -0.15) is 0 Å². The molecule has 2 aromatic carbocycles. The molecule has 2 rings (SSSR count). The third-order valence-corrected chi connectivity index (χ3v) is 3.28. The lowest BCUT2D eigenvalue weighted by atomic mass is 10.1. The van der Waals surface area contributed by atoms with E-state index in [0.29, 0.717) is 5.75 Å². The highest BCUT2D eigenvalue weighted by Gasteiger charge is 2.10. The van der Waals surface area contributed by atoms with E-state index in [1.807, 2.05) is 32.2 Å². The Morgan fingerprint density at radius 2 is 1.90 bits per heavy atom. The van der Waals surface area contributed by atoms with Crippen molar-refractivity contribution in [1.29, 1.82) is 0 Å². The fourth-order valence-corrected chi connectivity index (χ4v) is 2.11. The molecule has 0 fully saturated rings.